The minimum atomic E-state index is 0.0568. The molecule has 0 spiro atoms. The van der Waals surface area contributed by atoms with E-state index >= 15 is 0 Å². The van der Waals surface area contributed by atoms with Crippen LogP contribution in [0.5, 0.6) is 0 Å². The molecule has 2 N–H and O–H groups in total. The van der Waals surface area contributed by atoms with E-state index in [0.29, 0.717) is 16.6 Å². The van der Waals surface area contributed by atoms with Gasteiger partial charge in [-0.05, 0) is 44.0 Å². The molecule has 3 aromatic rings. The lowest BCUT2D eigenvalue weighted by Crippen LogP contribution is -2.51. The summed E-state index contributed by atoms with van der Waals surface area (Å²) in [4.78, 5) is 29.0. The van der Waals surface area contributed by atoms with Crippen molar-refractivity contribution < 1.29 is 4.79 Å². The van der Waals surface area contributed by atoms with Crippen LogP contribution in [0, 0.1) is 0 Å². The summed E-state index contributed by atoms with van der Waals surface area (Å²) in [5, 5.41) is 5.21. The zero-order valence-corrected chi connectivity index (χ0v) is 18.2. The van der Waals surface area contributed by atoms with Crippen LogP contribution < -0.4 is 10.2 Å². The Balaban J connectivity index is 1.44. The molecule has 0 bridgehead atoms. The van der Waals surface area contributed by atoms with Gasteiger partial charge in [-0.25, -0.2) is 9.97 Å². The number of nitrogens with one attached hydrogen (secondary N) is 2. The molecule has 3 heterocycles. The van der Waals surface area contributed by atoms with Gasteiger partial charge in [-0.1, -0.05) is 23.2 Å². The number of carbonyl (C=O) groups is 1. The molecular weight excluding hydrogens is 423 g/mol. The topological polar surface area (TPSA) is 77.2 Å². The van der Waals surface area contributed by atoms with Gasteiger partial charge in [-0.15, -0.1) is 0 Å². The van der Waals surface area contributed by atoms with Crippen molar-refractivity contribution in [3.8, 4) is 0 Å². The van der Waals surface area contributed by atoms with Crippen LogP contribution in [0.3, 0.4) is 0 Å². The van der Waals surface area contributed by atoms with Gasteiger partial charge in [0.15, 0.2) is 0 Å². The number of fused-ring (bicyclic) bond motifs is 1. The molecular formula is C21H24Cl2N6O. The fraction of sp³-hybridized carbons (Fsp3) is 0.381. The molecule has 1 aliphatic rings. The Morgan fingerprint density at radius 2 is 2.10 bits per heavy atom. The summed E-state index contributed by atoms with van der Waals surface area (Å²) in [5.74, 6) is 0.969. The van der Waals surface area contributed by atoms with Crippen molar-refractivity contribution >= 4 is 51.6 Å². The minimum absolute atomic E-state index is 0.0568. The molecule has 1 amide bonds. The van der Waals surface area contributed by atoms with E-state index in [2.05, 4.69) is 32.1 Å². The summed E-state index contributed by atoms with van der Waals surface area (Å²) in [6.45, 7) is 4.55. The first-order valence-electron chi connectivity index (χ1n) is 10.1. The molecule has 1 aromatic carbocycles. The third kappa shape index (κ3) is 4.47. The van der Waals surface area contributed by atoms with Gasteiger partial charge in [0.2, 0.25) is 5.91 Å². The first kappa shape index (κ1) is 20.8. The van der Waals surface area contributed by atoms with E-state index in [4.69, 9.17) is 23.2 Å². The number of benzene rings is 1. The van der Waals surface area contributed by atoms with E-state index < -0.39 is 0 Å². The number of aromatic nitrogens is 3. The number of halogens is 2. The summed E-state index contributed by atoms with van der Waals surface area (Å²) in [6.07, 6.45) is 5.44. The van der Waals surface area contributed by atoms with E-state index in [1.165, 1.54) is 0 Å². The van der Waals surface area contributed by atoms with Crippen molar-refractivity contribution in [2.45, 2.75) is 25.8 Å². The van der Waals surface area contributed by atoms with Gasteiger partial charge in [-0.3, -0.25) is 4.79 Å². The van der Waals surface area contributed by atoms with Gasteiger partial charge in [0.1, 0.15) is 17.8 Å². The number of amides is 1. The Kier molecular flexibility index (Phi) is 6.29. The Labute approximate surface area is 185 Å². The third-order valence-electron chi connectivity index (χ3n) is 5.44. The summed E-state index contributed by atoms with van der Waals surface area (Å²) >= 11 is 12.1. The number of carbonyl (C=O) groups excluding carboxylic acids is 1. The third-order valence-corrected chi connectivity index (χ3v) is 5.88. The maximum absolute atomic E-state index is 12.9. The molecule has 1 saturated heterocycles. The number of nitrogens with zero attached hydrogens (tertiary/aromatic N) is 4. The van der Waals surface area contributed by atoms with Crippen LogP contribution in [-0.2, 0) is 4.79 Å². The molecule has 2 aromatic heterocycles. The molecule has 30 heavy (non-hydrogen) atoms. The summed E-state index contributed by atoms with van der Waals surface area (Å²) in [7, 11) is 0. The quantitative estimate of drug-likeness (QED) is 0.593. The normalized spacial score (nSPS) is 16.6. The molecule has 1 unspecified atom stereocenters. The molecule has 0 aliphatic carbocycles. The second kappa shape index (κ2) is 9.10. The molecule has 0 radical (unpaired) electrons. The van der Waals surface area contributed by atoms with Crippen molar-refractivity contribution in [1.82, 2.24) is 19.9 Å². The molecule has 158 valence electrons. The van der Waals surface area contributed by atoms with E-state index in [0.717, 1.165) is 48.5 Å². The molecule has 1 fully saturated rings. The maximum atomic E-state index is 12.9. The van der Waals surface area contributed by atoms with Crippen molar-refractivity contribution in [1.29, 1.82) is 0 Å². The fourth-order valence-corrected chi connectivity index (χ4v) is 4.58. The van der Waals surface area contributed by atoms with Crippen molar-refractivity contribution in [2.24, 2.45) is 0 Å². The Morgan fingerprint density at radius 3 is 2.87 bits per heavy atom. The van der Waals surface area contributed by atoms with Gasteiger partial charge in [0.05, 0.1) is 11.9 Å². The van der Waals surface area contributed by atoms with Crippen LogP contribution in [0.4, 0.5) is 11.5 Å². The first-order valence-corrected chi connectivity index (χ1v) is 10.8. The molecule has 0 saturated carbocycles. The van der Waals surface area contributed by atoms with Crippen LogP contribution >= 0.6 is 23.2 Å². The number of hydrogen-bond donors (Lipinski definition) is 2. The Hall–Kier alpha value is -2.51. The molecule has 7 nitrogen and oxygen atoms in total. The number of anilines is 2. The number of H-pyrrole nitrogens is 1. The summed E-state index contributed by atoms with van der Waals surface area (Å²) in [6, 6.07) is 7.39. The summed E-state index contributed by atoms with van der Waals surface area (Å²) < 4.78 is 0. The second-order valence-electron chi connectivity index (χ2n) is 7.37. The van der Waals surface area contributed by atoms with Crippen LogP contribution in [0.2, 0.25) is 10.0 Å². The van der Waals surface area contributed by atoms with Gasteiger partial charge < -0.3 is 20.1 Å². The zero-order valence-electron chi connectivity index (χ0n) is 16.7. The fourth-order valence-electron chi connectivity index (χ4n) is 4.05. The van der Waals surface area contributed by atoms with Crippen molar-refractivity contribution in [3.05, 3.63) is 46.8 Å². The number of hydrogen-bond acceptors (Lipinski definition) is 5. The molecule has 1 aliphatic heterocycles. The van der Waals surface area contributed by atoms with E-state index in [9.17, 15) is 4.79 Å². The highest BCUT2D eigenvalue weighted by Gasteiger charge is 2.29. The zero-order chi connectivity index (χ0) is 21.1. The minimum Gasteiger partial charge on any atom is -0.376 e. The van der Waals surface area contributed by atoms with Crippen LogP contribution in [-0.4, -0.2) is 58.0 Å². The molecule has 1 atom stereocenters. The van der Waals surface area contributed by atoms with Crippen LogP contribution in [0.1, 0.15) is 19.8 Å². The monoisotopic (exact) mass is 446 g/mol. The summed E-state index contributed by atoms with van der Waals surface area (Å²) in [5.41, 5.74) is 1.56. The highest BCUT2D eigenvalue weighted by molar-refractivity contribution is 6.35. The van der Waals surface area contributed by atoms with Gasteiger partial charge in [0.25, 0.3) is 0 Å². The highest BCUT2D eigenvalue weighted by atomic mass is 35.5. The highest BCUT2D eigenvalue weighted by Crippen LogP contribution is 2.27. The predicted octanol–water partition coefficient (Wildman–Crippen LogP) is 4.19. The average Bonchev–Trinajstić information content (AvgIpc) is 3.22. The number of likely N-dealkylation sites (N-methyl/N-ethyl adjacent to an activating group) is 1. The average molecular weight is 447 g/mol. The smallest absolute Gasteiger partial charge is 0.241 e. The van der Waals surface area contributed by atoms with Gasteiger partial charge >= 0.3 is 0 Å². The Morgan fingerprint density at radius 1 is 1.30 bits per heavy atom. The Bertz CT molecular complexity index is 1020. The van der Waals surface area contributed by atoms with Crippen LogP contribution in [0.15, 0.2) is 36.8 Å². The van der Waals surface area contributed by atoms with E-state index in [1.54, 1.807) is 24.5 Å². The second-order valence-corrected chi connectivity index (χ2v) is 8.24. The molecule has 9 heteroatoms. The lowest BCUT2D eigenvalue weighted by atomic mass is 10.0. The molecule has 4 rings (SSSR count). The van der Waals surface area contributed by atoms with Gasteiger partial charge in [-0.2, -0.15) is 0 Å². The lowest BCUT2D eigenvalue weighted by molar-refractivity contribution is -0.130. The van der Waals surface area contributed by atoms with Crippen LogP contribution in [0.25, 0.3) is 11.0 Å². The van der Waals surface area contributed by atoms with E-state index in [1.807, 2.05) is 17.2 Å². The predicted molar refractivity (Wildman–Crippen MR) is 121 cm³/mol. The number of likely N-dealkylation sites (tertiary alicyclic amines) is 1. The van der Waals surface area contributed by atoms with E-state index in [-0.39, 0.29) is 18.5 Å². The van der Waals surface area contributed by atoms with Crippen molar-refractivity contribution in [2.75, 3.05) is 36.4 Å². The number of rotatable bonds is 6. The number of aromatic amines is 1. The number of piperidine rings is 1. The SMILES string of the molecule is CCN(c1ncnc2[nH]ccc12)C1CCCN(C(=O)CNc2cc(Cl)cc(Cl)c2)C1. The lowest BCUT2D eigenvalue weighted by Gasteiger charge is -2.39. The van der Waals surface area contributed by atoms with Crippen molar-refractivity contribution in [3.63, 3.8) is 0 Å². The van der Waals surface area contributed by atoms with Gasteiger partial charge in [0, 0.05) is 47.6 Å². The largest absolute Gasteiger partial charge is 0.376 e. The maximum Gasteiger partial charge on any atom is 0.241 e. The first-order chi connectivity index (χ1) is 14.5. The standard InChI is InChI=1S/C21H24Cl2N6O/c1-2-29(21-18-5-6-24-20(18)26-13-27-21)17-4-3-7-28(12-17)19(30)11-25-16-9-14(22)8-15(23)10-16/h5-6,8-10,13,17,25H,2-4,7,11-12H2,1H3,(H,24,26,27).